The highest BCUT2D eigenvalue weighted by atomic mass is 16.5. The Kier molecular flexibility index (Phi) is 3.93. The van der Waals surface area contributed by atoms with Gasteiger partial charge >= 0.3 is 0 Å². The molecule has 0 spiro atoms. The zero-order valence-corrected chi connectivity index (χ0v) is 10.6. The second kappa shape index (κ2) is 5.63. The van der Waals surface area contributed by atoms with Crippen molar-refractivity contribution in [3.05, 3.63) is 0 Å². The van der Waals surface area contributed by atoms with E-state index >= 15 is 0 Å². The maximum atomic E-state index is 5.46. The maximum Gasteiger partial charge on any atom is 0.105 e. The molecule has 0 aromatic rings. The molecular weight excluding hydrogens is 216 g/mol. The molecule has 0 N–H and O–H groups in total. The van der Waals surface area contributed by atoms with Crippen molar-refractivity contribution in [3.63, 3.8) is 0 Å². The molecule has 3 heterocycles. The summed E-state index contributed by atoms with van der Waals surface area (Å²) in [5.74, 6) is 0. The van der Waals surface area contributed by atoms with Crippen molar-refractivity contribution in [1.82, 2.24) is 20.5 Å². The smallest absolute Gasteiger partial charge is 0.105 e. The molecule has 0 amide bonds. The second-order valence-electron chi connectivity index (χ2n) is 5.08. The molecule has 5 nitrogen and oxygen atoms in total. The number of hydrazine groups is 2. The fourth-order valence-electron chi connectivity index (χ4n) is 3.01. The van der Waals surface area contributed by atoms with Gasteiger partial charge < -0.3 is 4.74 Å². The molecule has 5 heteroatoms. The molecule has 0 aliphatic carbocycles. The number of ether oxygens (including phenoxy) is 1. The Bertz CT molecular complexity index is 217. The summed E-state index contributed by atoms with van der Waals surface area (Å²) in [7, 11) is 0. The predicted molar refractivity (Wildman–Crippen MR) is 65.1 cm³/mol. The van der Waals surface area contributed by atoms with Crippen LogP contribution in [0.3, 0.4) is 0 Å². The molecule has 17 heavy (non-hydrogen) atoms. The molecule has 1 unspecified atom stereocenters. The van der Waals surface area contributed by atoms with Crippen LogP contribution in [0.1, 0.15) is 25.7 Å². The third kappa shape index (κ3) is 2.63. The minimum absolute atomic E-state index is 0.395. The lowest BCUT2D eigenvalue weighted by Crippen LogP contribution is -2.61. The van der Waals surface area contributed by atoms with E-state index in [9.17, 15) is 0 Å². The highest BCUT2D eigenvalue weighted by molar-refractivity contribution is 4.76. The van der Waals surface area contributed by atoms with Crippen LogP contribution in [0.2, 0.25) is 0 Å². The van der Waals surface area contributed by atoms with Crippen LogP contribution in [0.15, 0.2) is 0 Å². The summed E-state index contributed by atoms with van der Waals surface area (Å²) in [6, 6.07) is 0. The van der Waals surface area contributed by atoms with E-state index in [2.05, 4.69) is 15.1 Å². The van der Waals surface area contributed by atoms with Crippen molar-refractivity contribution in [1.29, 1.82) is 0 Å². The lowest BCUT2D eigenvalue weighted by atomic mass is 10.3. The van der Waals surface area contributed by atoms with Crippen molar-refractivity contribution in [2.24, 2.45) is 0 Å². The first kappa shape index (κ1) is 11.9. The number of hydrogen-bond donors (Lipinski definition) is 0. The SMILES string of the molecule is C1C[N]C(N(N2CCCC2)N2CCOCC2)C1. The van der Waals surface area contributed by atoms with E-state index in [-0.39, 0.29) is 0 Å². The van der Waals surface area contributed by atoms with Crippen LogP contribution in [0.25, 0.3) is 0 Å². The second-order valence-corrected chi connectivity index (χ2v) is 5.08. The third-order valence-corrected chi connectivity index (χ3v) is 3.88. The Hall–Kier alpha value is -0.200. The van der Waals surface area contributed by atoms with Crippen LogP contribution in [-0.2, 0) is 4.74 Å². The van der Waals surface area contributed by atoms with Gasteiger partial charge in [0.2, 0.25) is 0 Å². The summed E-state index contributed by atoms with van der Waals surface area (Å²) in [5, 5.41) is 12.2. The average molecular weight is 239 g/mol. The van der Waals surface area contributed by atoms with Crippen molar-refractivity contribution < 1.29 is 4.74 Å². The van der Waals surface area contributed by atoms with E-state index in [1.807, 2.05) is 0 Å². The van der Waals surface area contributed by atoms with Gasteiger partial charge in [-0.1, -0.05) is 0 Å². The number of morpholine rings is 1. The minimum Gasteiger partial charge on any atom is -0.379 e. The van der Waals surface area contributed by atoms with E-state index < -0.39 is 0 Å². The van der Waals surface area contributed by atoms with Crippen LogP contribution in [0.4, 0.5) is 0 Å². The topological polar surface area (TPSA) is 33.1 Å². The van der Waals surface area contributed by atoms with Crippen LogP contribution >= 0.6 is 0 Å². The standard InChI is InChI=1S/C12H23N4O/c1-2-7-14(6-1)16(12-4-3-5-13-12)15-8-10-17-11-9-15/h12H,1-11H2. The number of hydrogen-bond acceptors (Lipinski definition) is 4. The van der Waals surface area contributed by atoms with Gasteiger partial charge in [0, 0.05) is 32.7 Å². The summed E-state index contributed by atoms with van der Waals surface area (Å²) >= 11 is 0. The Morgan fingerprint density at radius 2 is 1.65 bits per heavy atom. The van der Waals surface area contributed by atoms with Crippen LogP contribution in [0, 0.1) is 0 Å². The Labute approximate surface area is 104 Å². The summed E-state index contributed by atoms with van der Waals surface area (Å²) in [6.07, 6.45) is 5.51. The van der Waals surface area contributed by atoms with Gasteiger partial charge in [-0.15, -0.1) is 0 Å². The predicted octanol–water partition coefficient (Wildman–Crippen LogP) is 0.271. The quantitative estimate of drug-likeness (QED) is 0.708. The molecule has 3 rings (SSSR count). The first-order chi connectivity index (χ1) is 8.45. The van der Waals surface area contributed by atoms with Gasteiger partial charge in [0.15, 0.2) is 0 Å². The molecule has 0 aromatic heterocycles. The van der Waals surface area contributed by atoms with Crippen molar-refractivity contribution in [2.45, 2.75) is 31.8 Å². The average Bonchev–Trinajstić information content (AvgIpc) is 3.04. The largest absolute Gasteiger partial charge is 0.379 e. The fourth-order valence-corrected chi connectivity index (χ4v) is 3.01. The first-order valence-electron chi connectivity index (χ1n) is 6.98. The zero-order chi connectivity index (χ0) is 11.5. The molecule has 0 aromatic carbocycles. The van der Waals surface area contributed by atoms with Gasteiger partial charge in [0.1, 0.15) is 6.17 Å². The molecule has 0 bridgehead atoms. The van der Waals surface area contributed by atoms with Gasteiger partial charge in [0.05, 0.1) is 13.2 Å². The molecule has 97 valence electrons. The van der Waals surface area contributed by atoms with Crippen LogP contribution < -0.4 is 5.32 Å². The van der Waals surface area contributed by atoms with Gasteiger partial charge in [-0.2, -0.15) is 5.12 Å². The molecular formula is C12H23N4O. The van der Waals surface area contributed by atoms with E-state index in [0.29, 0.717) is 6.17 Å². The molecule has 3 aliphatic rings. The monoisotopic (exact) mass is 239 g/mol. The fraction of sp³-hybridized carbons (Fsp3) is 1.00. The summed E-state index contributed by atoms with van der Waals surface area (Å²) < 4.78 is 5.46. The van der Waals surface area contributed by atoms with Gasteiger partial charge in [-0.25, -0.2) is 15.3 Å². The lowest BCUT2D eigenvalue weighted by Gasteiger charge is -2.45. The first-order valence-corrected chi connectivity index (χ1v) is 6.98. The van der Waals surface area contributed by atoms with E-state index in [1.165, 1.54) is 38.8 Å². The van der Waals surface area contributed by atoms with Crippen LogP contribution in [0.5, 0.6) is 0 Å². The van der Waals surface area contributed by atoms with Gasteiger partial charge in [-0.3, -0.25) is 0 Å². The van der Waals surface area contributed by atoms with Crippen molar-refractivity contribution >= 4 is 0 Å². The summed E-state index contributed by atoms with van der Waals surface area (Å²) in [6.45, 7) is 7.19. The number of rotatable bonds is 3. The lowest BCUT2D eigenvalue weighted by molar-refractivity contribution is -0.227. The third-order valence-electron chi connectivity index (χ3n) is 3.88. The Morgan fingerprint density at radius 3 is 2.29 bits per heavy atom. The Balaban J connectivity index is 1.69. The highest BCUT2D eigenvalue weighted by Gasteiger charge is 2.34. The molecule has 3 fully saturated rings. The summed E-state index contributed by atoms with van der Waals surface area (Å²) in [4.78, 5) is 0. The van der Waals surface area contributed by atoms with E-state index in [0.717, 1.165) is 32.8 Å². The zero-order valence-electron chi connectivity index (χ0n) is 10.6. The van der Waals surface area contributed by atoms with E-state index in [4.69, 9.17) is 10.1 Å². The molecule has 1 atom stereocenters. The molecule has 1 radical (unpaired) electrons. The minimum atomic E-state index is 0.395. The number of nitrogens with zero attached hydrogens (tertiary/aromatic N) is 4. The molecule has 3 aliphatic heterocycles. The van der Waals surface area contributed by atoms with Gasteiger partial charge in [0.25, 0.3) is 0 Å². The van der Waals surface area contributed by atoms with Gasteiger partial charge in [-0.05, 0) is 25.7 Å². The maximum absolute atomic E-state index is 5.46. The normalized spacial score (nSPS) is 32.6. The summed E-state index contributed by atoms with van der Waals surface area (Å²) in [5.41, 5.74) is 0. The van der Waals surface area contributed by atoms with E-state index in [1.54, 1.807) is 0 Å². The van der Waals surface area contributed by atoms with Crippen molar-refractivity contribution in [2.75, 3.05) is 45.9 Å². The van der Waals surface area contributed by atoms with Crippen LogP contribution in [-0.4, -0.2) is 67.2 Å². The Morgan fingerprint density at radius 1 is 0.941 bits per heavy atom. The molecule has 0 saturated carbocycles. The highest BCUT2D eigenvalue weighted by Crippen LogP contribution is 2.22. The molecule has 3 saturated heterocycles. The van der Waals surface area contributed by atoms with Crippen molar-refractivity contribution in [3.8, 4) is 0 Å².